The van der Waals surface area contributed by atoms with Gasteiger partial charge in [-0.25, -0.2) is 14.4 Å². The maximum Gasteiger partial charge on any atom is 0.223 e. The highest BCUT2D eigenvalue weighted by atomic mass is 19.1. The fourth-order valence-corrected chi connectivity index (χ4v) is 1.82. The van der Waals surface area contributed by atoms with Crippen LogP contribution < -0.4 is 10.1 Å². The van der Waals surface area contributed by atoms with E-state index in [1.54, 1.807) is 12.1 Å². The van der Waals surface area contributed by atoms with Crippen molar-refractivity contribution >= 4 is 5.95 Å². The average Bonchev–Trinajstić information content (AvgIpc) is 2.53. The number of nitrogens with zero attached hydrogens (tertiary/aromatic N) is 2. The Balaban J connectivity index is 2.19. The Morgan fingerprint density at radius 3 is 2.57 bits per heavy atom. The van der Waals surface area contributed by atoms with Crippen molar-refractivity contribution in [3.8, 4) is 17.0 Å². The lowest BCUT2D eigenvalue weighted by molar-refractivity contribution is 0.317. The molecular formula is C16H20FN3O. The van der Waals surface area contributed by atoms with Gasteiger partial charge in [0.15, 0.2) is 5.82 Å². The summed E-state index contributed by atoms with van der Waals surface area (Å²) in [5.74, 6) is 0.790. The van der Waals surface area contributed by atoms with Crippen molar-refractivity contribution in [1.82, 2.24) is 9.97 Å². The Morgan fingerprint density at radius 1 is 1.14 bits per heavy atom. The molecule has 0 aliphatic heterocycles. The summed E-state index contributed by atoms with van der Waals surface area (Å²) in [6.45, 7) is 5.53. The second-order valence-corrected chi connectivity index (χ2v) is 4.69. The molecular weight excluding hydrogens is 269 g/mol. The minimum atomic E-state index is -0.431. The maximum absolute atomic E-state index is 13.9. The normalized spacial score (nSPS) is 10.4. The Kier molecular flexibility index (Phi) is 5.49. The van der Waals surface area contributed by atoms with Crippen molar-refractivity contribution in [3.63, 3.8) is 0 Å². The zero-order valence-corrected chi connectivity index (χ0v) is 12.4. The van der Waals surface area contributed by atoms with Crippen LogP contribution in [0, 0.1) is 5.82 Å². The van der Waals surface area contributed by atoms with Gasteiger partial charge >= 0.3 is 0 Å². The fourth-order valence-electron chi connectivity index (χ4n) is 1.82. The van der Waals surface area contributed by atoms with Crippen LogP contribution in [-0.2, 0) is 0 Å². The molecule has 4 nitrogen and oxygen atoms in total. The third-order valence-electron chi connectivity index (χ3n) is 2.88. The summed E-state index contributed by atoms with van der Waals surface area (Å²) in [4.78, 5) is 8.17. The molecule has 0 unspecified atom stereocenters. The van der Waals surface area contributed by atoms with Gasteiger partial charge in [-0.2, -0.15) is 0 Å². The molecule has 0 atom stereocenters. The molecule has 0 fully saturated rings. The van der Waals surface area contributed by atoms with E-state index in [2.05, 4.69) is 22.2 Å². The van der Waals surface area contributed by atoms with Gasteiger partial charge in [0, 0.05) is 12.1 Å². The molecule has 0 aliphatic rings. The molecule has 0 spiro atoms. The number of ether oxygens (including phenoxy) is 1. The molecule has 1 aromatic carbocycles. The third-order valence-corrected chi connectivity index (χ3v) is 2.88. The van der Waals surface area contributed by atoms with Crippen LogP contribution in [0.4, 0.5) is 10.3 Å². The van der Waals surface area contributed by atoms with Crippen LogP contribution in [-0.4, -0.2) is 23.1 Å². The molecule has 0 saturated heterocycles. The van der Waals surface area contributed by atoms with Crippen LogP contribution in [0.3, 0.4) is 0 Å². The Hall–Kier alpha value is -2.17. The number of anilines is 1. The Bertz CT molecular complexity index is 572. The Labute approximate surface area is 124 Å². The zero-order valence-electron chi connectivity index (χ0n) is 12.4. The van der Waals surface area contributed by atoms with Gasteiger partial charge in [0.05, 0.1) is 12.8 Å². The first kappa shape index (κ1) is 15.2. The summed E-state index contributed by atoms with van der Waals surface area (Å²) in [7, 11) is 0. The predicted octanol–water partition coefficient (Wildman–Crippen LogP) is 3.89. The highest BCUT2D eigenvalue weighted by Crippen LogP contribution is 2.23. The molecule has 1 N–H and O–H groups in total. The van der Waals surface area contributed by atoms with Gasteiger partial charge in [-0.05, 0) is 37.1 Å². The molecule has 2 rings (SSSR count). The fraction of sp³-hybridized carbons (Fsp3) is 0.375. The van der Waals surface area contributed by atoms with E-state index >= 15 is 0 Å². The number of hydrogen-bond donors (Lipinski definition) is 1. The lowest BCUT2D eigenvalue weighted by Gasteiger charge is -2.08. The molecule has 0 radical (unpaired) electrons. The van der Waals surface area contributed by atoms with Gasteiger partial charge in [-0.15, -0.1) is 0 Å². The summed E-state index contributed by atoms with van der Waals surface area (Å²) < 4.78 is 19.4. The van der Waals surface area contributed by atoms with Crippen molar-refractivity contribution in [2.45, 2.75) is 26.7 Å². The molecule has 2 aromatic rings. The number of benzene rings is 1. The lowest BCUT2D eigenvalue weighted by atomic mass is 10.1. The zero-order chi connectivity index (χ0) is 15.1. The maximum atomic E-state index is 13.9. The van der Waals surface area contributed by atoms with E-state index in [0.29, 0.717) is 23.8 Å². The van der Waals surface area contributed by atoms with Crippen LogP contribution in [0.15, 0.2) is 30.5 Å². The quantitative estimate of drug-likeness (QED) is 0.840. The van der Waals surface area contributed by atoms with E-state index in [9.17, 15) is 4.39 Å². The largest absolute Gasteiger partial charge is 0.494 e. The number of halogens is 1. The van der Waals surface area contributed by atoms with Crippen LogP contribution in [0.2, 0.25) is 0 Å². The number of aromatic nitrogens is 2. The first-order chi connectivity index (χ1) is 10.2. The summed E-state index contributed by atoms with van der Waals surface area (Å²) in [5.41, 5.74) is 1.00. The number of rotatable bonds is 7. The first-order valence-electron chi connectivity index (χ1n) is 7.24. The molecule has 0 aliphatic carbocycles. The smallest absolute Gasteiger partial charge is 0.223 e. The SMILES string of the molecule is CCCNc1ncc(F)c(-c2ccc(OCCC)cc2)n1. The van der Waals surface area contributed by atoms with Crippen molar-refractivity contribution < 1.29 is 9.13 Å². The van der Waals surface area contributed by atoms with Crippen LogP contribution >= 0.6 is 0 Å². The number of hydrogen-bond acceptors (Lipinski definition) is 4. The highest BCUT2D eigenvalue weighted by molar-refractivity contribution is 5.61. The van der Waals surface area contributed by atoms with E-state index in [0.717, 1.165) is 25.1 Å². The molecule has 5 heteroatoms. The van der Waals surface area contributed by atoms with Crippen molar-refractivity contribution in [2.24, 2.45) is 0 Å². The van der Waals surface area contributed by atoms with Gasteiger partial charge in [-0.1, -0.05) is 13.8 Å². The van der Waals surface area contributed by atoms with Crippen molar-refractivity contribution in [3.05, 3.63) is 36.3 Å². The summed E-state index contributed by atoms with van der Waals surface area (Å²) in [6.07, 6.45) is 3.11. The molecule has 0 saturated carbocycles. The summed E-state index contributed by atoms with van der Waals surface area (Å²) in [5, 5.41) is 3.06. The average molecular weight is 289 g/mol. The van der Waals surface area contributed by atoms with Gasteiger partial charge in [-0.3, -0.25) is 0 Å². The molecule has 1 heterocycles. The topological polar surface area (TPSA) is 47.0 Å². The standard InChI is InChI=1S/C16H20FN3O/c1-3-9-18-16-19-11-14(17)15(20-16)12-5-7-13(8-6-12)21-10-4-2/h5-8,11H,3-4,9-10H2,1-2H3,(H,18,19,20). The Morgan fingerprint density at radius 2 is 1.90 bits per heavy atom. The van der Waals surface area contributed by atoms with E-state index in [4.69, 9.17) is 4.74 Å². The monoisotopic (exact) mass is 289 g/mol. The summed E-state index contributed by atoms with van der Waals surface area (Å²) in [6, 6.07) is 7.26. The van der Waals surface area contributed by atoms with Gasteiger partial charge in [0.1, 0.15) is 11.4 Å². The molecule has 21 heavy (non-hydrogen) atoms. The van der Waals surface area contributed by atoms with Gasteiger partial charge in [0.2, 0.25) is 5.95 Å². The van der Waals surface area contributed by atoms with Crippen LogP contribution in [0.1, 0.15) is 26.7 Å². The molecule has 1 aromatic heterocycles. The second kappa shape index (κ2) is 7.57. The lowest BCUT2D eigenvalue weighted by Crippen LogP contribution is -2.05. The molecule has 0 amide bonds. The van der Waals surface area contributed by atoms with E-state index in [1.165, 1.54) is 6.20 Å². The predicted molar refractivity (Wildman–Crippen MR) is 82.0 cm³/mol. The minimum Gasteiger partial charge on any atom is -0.494 e. The van der Waals surface area contributed by atoms with Gasteiger partial charge in [0.25, 0.3) is 0 Å². The molecule has 0 bridgehead atoms. The van der Waals surface area contributed by atoms with E-state index in [-0.39, 0.29) is 0 Å². The first-order valence-corrected chi connectivity index (χ1v) is 7.24. The molecule has 112 valence electrons. The van der Waals surface area contributed by atoms with Crippen LogP contribution in [0.25, 0.3) is 11.3 Å². The highest BCUT2D eigenvalue weighted by Gasteiger charge is 2.09. The number of nitrogens with one attached hydrogen (secondary N) is 1. The summed E-state index contributed by atoms with van der Waals surface area (Å²) >= 11 is 0. The van der Waals surface area contributed by atoms with E-state index < -0.39 is 5.82 Å². The van der Waals surface area contributed by atoms with Crippen LogP contribution in [0.5, 0.6) is 5.75 Å². The minimum absolute atomic E-state index is 0.297. The second-order valence-electron chi connectivity index (χ2n) is 4.69. The van der Waals surface area contributed by atoms with Gasteiger partial charge < -0.3 is 10.1 Å². The van der Waals surface area contributed by atoms with E-state index in [1.807, 2.05) is 19.1 Å². The van der Waals surface area contributed by atoms with Crippen molar-refractivity contribution in [2.75, 3.05) is 18.5 Å². The van der Waals surface area contributed by atoms with Crippen molar-refractivity contribution in [1.29, 1.82) is 0 Å². The third kappa shape index (κ3) is 4.15.